The van der Waals surface area contributed by atoms with Crippen LogP contribution in [-0.2, 0) is 25.9 Å². The lowest BCUT2D eigenvalue weighted by Crippen LogP contribution is -2.35. The smallest absolute Gasteiger partial charge is 0.497 e. The van der Waals surface area contributed by atoms with Crippen molar-refractivity contribution in [2.45, 2.75) is 16.9 Å². The summed E-state index contributed by atoms with van der Waals surface area (Å²) in [6.45, 7) is -0.554. The quantitative estimate of drug-likeness (QED) is 0.542. The average molecular weight is 475 g/mol. The van der Waals surface area contributed by atoms with Crippen LogP contribution >= 0.6 is 0 Å². The van der Waals surface area contributed by atoms with Gasteiger partial charge in [-0.3, -0.25) is 9.59 Å². The maximum Gasteiger partial charge on any atom is 0.501 e. The van der Waals surface area contributed by atoms with E-state index in [1.54, 1.807) is 18.2 Å². The van der Waals surface area contributed by atoms with E-state index in [1.807, 2.05) is 0 Å². The predicted molar refractivity (Wildman–Crippen MR) is 106 cm³/mol. The molecule has 0 saturated carbocycles. The second-order valence-electron chi connectivity index (χ2n) is 6.43. The van der Waals surface area contributed by atoms with Crippen LogP contribution in [-0.4, -0.2) is 58.6 Å². The summed E-state index contributed by atoms with van der Waals surface area (Å²) in [5.41, 5.74) is -5.06. The largest absolute Gasteiger partial charge is 0.501 e. The number of hydrogen-bond acceptors (Lipinski definition) is 7. The van der Waals surface area contributed by atoms with E-state index in [1.165, 1.54) is 14.2 Å². The van der Waals surface area contributed by atoms with Crippen LogP contribution in [0.15, 0.2) is 47.4 Å². The van der Waals surface area contributed by atoms with Crippen molar-refractivity contribution in [2.75, 3.05) is 27.9 Å². The lowest BCUT2D eigenvalue weighted by molar-refractivity contribution is -0.141. The molecule has 0 spiro atoms. The van der Waals surface area contributed by atoms with Crippen molar-refractivity contribution in [3.8, 4) is 11.5 Å². The Morgan fingerprint density at radius 3 is 1.91 bits per heavy atom. The first kappa shape index (κ1) is 25.0. The Bertz CT molecular complexity index is 1060. The Labute approximate surface area is 182 Å². The Hall–Kier alpha value is -3.28. The van der Waals surface area contributed by atoms with E-state index in [0.717, 1.165) is 24.1 Å². The molecule has 0 atom stereocenters. The van der Waals surface area contributed by atoms with Crippen molar-refractivity contribution < 1.29 is 45.4 Å². The molecule has 0 N–H and O–H groups in total. The minimum absolute atomic E-state index is 0.0932. The zero-order valence-electron chi connectivity index (χ0n) is 17.3. The predicted octanol–water partition coefficient (Wildman–Crippen LogP) is 2.81. The topological polar surface area (TPSA) is 99.2 Å². The minimum atomic E-state index is -5.55. The first-order valence-electron chi connectivity index (χ1n) is 8.92. The van der Waals surface area contributed by atoms with Gasteiger partial charge >= 0.3 is 11.5 Å². The third kappa shape index (κ3) is 5.69. The molecule has 0 heterocycles. The number of methoxy groups -OCH3 is 3. The molecule has 0 unspecified atom stereocenters. The summed E-state index contributed by atoms with van der Waals surface area (Å²) >= 11 is 0. The second kappa shape index (κ2) is 9.90. The first-order chi connectivity index (χ1) is 14.9. The summed E-state index contributed by atoms with van der Waals surface area (Å²) < 4.78 is 76.1. The number of carbonyl (C=O) groups excluding carboxylic acids is 2. The van der Waals surface area contributed by atoms with Crippen molar-refractivity contribution in [3.05, 3.63) is 53.6 Å². The molecule has 0 saturated heterocycles. The molecular weight excluding hydrogens is 455 g/mol. The number of carbonyl (C=O) groups is 2. The van der Waals surface area contributed by atoms with E-state index in [4.69, 9.17) is 9.47 Å². The molecule has 8 nitrogen and oxygen atoms in total. The van der Waals surface area contributed by atoms with E-state index in [2.05, 4.69) is 4.74 Å². The normalized spacial score (nSPS) is 11.6. The average Bonchev–Trinajstić information content (AvgIpc) is 2.76. The molecule has 1 amide bonds. The molecule has 0 radical (unpaired) electrons. The maximum absolute atomic E-state index is 13.0. The fourth-order valence-electron chi connectivity index (χ4n) is 2.69. The molecule has 2 rings (SSSR count). The fraction of sp³-hybridized carbons (Fsp3) is 0.300. The Morgan fingerprint density at radius 2 is 1.47 bits per heavy atom. The monoisotopic (exact) mass is 475 g/mol. The summed E-state index contributed by atoms with van der Waals surface area (Å²) in [5, 5.41) is 0. The highest BCUT2D eigenvalue weighted by molar-refractivity contribution is 7.92. The van der Waals surface area contributed by atoms with E-state index in [0.29, 0.717) is 29.2 Å². The molecule has 0 aliphatic carbocycles. The van der Waals surface area contributed by atoms with Gasteiger partial charge < -0.3 is 19.1 Å². The molecule has 0 fully saturated rings. The van der Waals surface area contributed by atoms with E-state index < -0.39 is 38.7 Å². The summed E-state index contributed by atoms with van der Waals surface area (Å²) in [6, 6.07) is 8.07. The van der Waals surface area contributed by atoms with Crippen LogP contribution in [0.5, 0.6) is 11.5 Å². The van der Waals surface area contributed by atoms with Crippen LogP contribution in [0.1, 0.15) is 15.9 Å². The highest BCUT2D eigenvalue weighted by atomic mass is 32.2. The van der Waals surface area contributed by atoms with Crippen molar-refractivity contribution in [2.24, 2.45) is 0 Å². The van der Waals surface area contributed by atoms with Gasteiger partial charge in [0.25, 0.3) is 15.7 Å². The zero-order valence-corrected chi connectivity index (χ0v) is 18.1. The number of sulfone groups is 1. The molecule has 0 bridgehead atoms. The highest BCUT2D eigenvalue weighted by Crippen LogP contribution is 2.30. The molecule has 0 aliphatic heterocycles. The molecule has 174 valence electrons. The number of amides is 1. The zero-order chi connectivity index (χ0) is 24.1. The minimum Gasteiger partial charge on any atom is -0.497 e. The van der Waals surface area contributed by atoms with Gasteiger partial charge in [-0.2, -0.15) is 13.2 Å². The van der Waals surface area contributed by atoms with Crippen molar-refractivity contribution >= 4 is 21.7 Å². The molecular formula is C20H20F3NO7S. The lowest BCUT2D eigenvalue weighted by atomic mass is 10.1. The van der Waals surface area contributed by atoms with E-state index >= 15 is 0 Å². The van der Waals surface area contributed by atoms with Gasteiger partial charge in [-0.15, -0.1) is 0 Å². The Morgan fingerprint density at radius 1 is 0.938 bits per heavy atom. The van der Waals surface area contributed by atoms with Crippen LogP contribution in [0.3, 0.4) is 0 Å². The summed E-state index contributed by atoms with van der Waals surface area (Å²) in [5.74, 6) is -0.587. The van der Waals surface area contributed by atoms with Crippen LogP contribution < -0.4 is 9.47 Å². The van der Waals surface area contributed by atoms with Crippen molar-refractivity contribution in [1.29, 1.82) is 0 Å². The number of esters is 1. The molecule has 2 aromatic carbocycles. The van der Waals surface area contributed by atoms with Gasteiger partial charge in [0.15, 0.2) is 0 Å². The summed E-state index contributed by atoms with van der Waals surface area (Å²) in [6.07, 6.45) is 0. The lowest BCUT2D eigenvalue weighted by Gasteiger charge is -2.22. The third-order valence-corrected chi connectivity index (χ3v) is 5.84. The van der Waals surface area contributed by atoms with Gasteiger partial charge in [0.05, 0.1) is 26.2 Å². The van der Waals surface area contributed by atoms with Crippen LogP contribution in [0.2, 0.25) is 0 Å². The second-order valence-corrected chi connectivity index (χ2v) is 8.37. The highest BCUT2D eigenvalue weighted by Gasteiger charge is 2.46. The van der Waals surface area contributed by atoms with E-state index in [-0.39, 0.29) is 12.1 Å². The number of rotatable bonds is 8. The van der Waals surface area contributed by atoms with Crippen molar-refractivity contribution in [3.63, 3.8) is 0 Å². The third-order valence-electron chi connectivity index (χ3n) is 4.34. The number of halogens is 3. The van der Waals surface area contributed by atoms with Crippen molar-refractivity contribution in [1.82, 2.24) is 4.90 Å². The Balaban J connectivity index is 2.37. The molecule has 2 aromatic rings. The molecule has 12 heteroatoms. The summed E-state index contributed by atoms with van der Waals surface area (Å²) in [7, 11) is -1.54. The fourth-order valence-corrected chi connectivity index (χ4v) is 3.45. The van der Waals surface area contributed by atoms with Crippen LogP contribution in [0.25, 0.3) is 0 Å². The number of nitrogens with zero attached hydrogens (tertiary/aromatic N) is 1. The number of ether oxygens (including phenoxy) is 3. The van der Waals surface area contributed by atoms with Gasteiger partial charge in [0.2, 0.25) is 0 Å². The number of benzene rings is 2. The number of alkyl halides is 3. The summed E-state index contributed by atoms with van der Waals surface area (Å²) in [4.78, 5) is 24.9. The Kier molecular flexibility index (Phi) is 7.73. The van der Waals surface area contributed by atoms with Gasteiger partial charge in [0, 0.05) is 18.2 Å². The van der Waals surface area contributed by atoms with Gasteiger partial charge in [0.1, 0.15) is 18.0 Å². The van der Waals surface area contributed by atoms with Gasteiger partial charge in [-0.1, -0.05) is 0 Å². The van der Waals surface area contributed by atoms with Gasteiger partial charge in [-0.25, -0.2) is 8.42 Å². The molecule has 0 aromatic heterocycles. The van der Waals surface area contributed by atoms with Gasteiger partial charge in [-0.05, 0) is 42.0 Å². The molecule has 32 heavy (non-hydrogen) atoms. The standard InChI is InChI=1S/C20H20F3NO7S/c1-29-15-8-13(9-16(10-15)30-2)11-24(12-18(25)31-3)19(26)14-4-6-17(7-5-14)32(27,28)20(21,22)23/h4-10H,11-12H2,1-3H3. The van der Waals surface area contributed by atoms with E-state index in [9.17, 15) is 31.2 Å². The SMILES string of the molecule is COC(=O)CN(Cc1cc(OC)cc(OC)c1)C(=O)c1ccc(S(=O)(=O)C(F)(F)F)cc1. The maximum atomic E-state index is 13.0. The van der Waals surface area contributed by atoms with Crippen LogP contribution in [0.4, 0.5) is 13.2 Å². The van der Waals surface area contributed by atoms with Crippen LogP contribution in [0, 0.1) is 0 Å². The molecule has 0 aliphatic rings. The number of hydrogen-bond donors (Lipinski definition) is 0. The first-order valence-corrected chi connectivity index (χ1v) is 10.4.